The van der Waals surface area contributed by atoms with Gasteiger partial charge in [0.05, 0.1) is 6.61 Å². The van der Waals surface area contributed by atoms with E-state index >= 15 is 0 Å². The smallest absolute Gasteiger partial charge is 0.326 e. The highest BCUT2D eigenvalue weighted by atomic mass is 79.9. The van der Waals surface area contributed by atoms with Crippen LogP contribution in [0.4, 0.5) is 17.6 Å². The summed E-state index contributed by atoms with van der Waals surface area (Å²) in [6, 6.07) is 2.50. The van der Waals surface area contributed by atoms with Crippen molar-refractivity contribution in [1.82, 2.24) is 5.32 Å². The molecule has 1 aromatic rings. The molecule has 0 aliphatic heterocycles. The van der Waals surface area contributed by atoms with Crippen molar-refractivity contribution in [2.75, 3.05) is 13.7 Å². The molecule has 1 N–H and O–H groups in total. The van der Waals surface area contributed by atoms with Crippen LogP contribution in [0.25, 0.3) is 0 Å². The predicted molar refractivity (Wildman–Crippen MR) is 68.1 cm³/mol. The Bertz CT molecular complexity index is 428. The minimum absolute atomic E-state index is 0.0521. The molecule has 0 amide bonds. The highest BCUT2D eigenvalue weighted by molar-refractivity contribution is 9.10. The molecule has 2 nitrogen and oxygen atoms in total. The first-order valence-corrected chi connectivity index (χ1v) is 6.39. The summed E-state index contributed by atoms with van der Waals surface area (Å²) in [6.07, 6.45) is -3.75. The van der Waals surface area contributed by atoms with Crippen molar-refractivity contribution < 1.29 is 22.3 Å². The Kier molecular flexibility index (Phi) is 5.61. The summed E-state index contributed by atoms with van der Waals surface area (Å²) < 4.78 is 57.3. The topological polar surface area (TPSA) is 21.3 Å². The van der Waals surface area contributed by atoms with Crippen LogP contribution in [0.15, 0.2) is 22.7 Å². The molecule has 1 aromatic carbocycles. The fourth-order valence-corrected chi connectivity index (χ4v) is 2.27. The lowest BCUT2D eigenvalue weighted by Gasteiger charge is -2.27. The first-order chi connectivity index (χ1) is 8.84. The molecule has 0 radical (unpaired) electrons. The van der Waals surface area contributed by atoms with Crippen molar-refractivity contribution >= 4 is 15.9 Å². The monoisotopic (exact) mass is 343 g/mol. The molecule has 0 bridgehead atoms. The van der Waals surface area contributed by atoms with Crippen LogP contribution in [-0.4, -0.2) is 26.0 Å². The Hall–Kier alpha value is -0.820. The summed E-state index contributed by atoms with van der Waals surface area (Å²) in [7, 11) is 1.21. The molecule has 0 aromatic heterocycles. The zero-order chi connectivity index (χ0) is 14.6. The Balaban J connectivity index is 3.12. The summed E-state index contributed by atoms with van der Waals surface area (Å²) in [4.78, 5) is 0. The van der Waals surface area contributed by atoms with Crippen molar-refractivity contribution in [1.29, 1.82) is 0 Å². The minimum atomic E-state index is -4.16. The molecule has 19 heavy (non-hydrogen) atoms. The Labute approximate surface area is 117 Å². The molecule has 1 rings (SSSR count). The lowest BCUT2D eigenvalue weighted by atomic mass is 10.0. The molecule has 0 saturated carbocycles. The normalized spacial score (nSPS) is 13.7. The van der Waals surface area contributed by atoms with E-state index in [2.05, 4.69) is 21.2 Å². The van der Waals surface area contributed by atoms with E-state index in [1.807, 2.05) is 0 Å². The van der Waals surface area contributed by atoms with E-state index in [1.165, 1.54) is 25.2 Å². The van der Waals surface area contributed by atoms with Gasteiger partial charge in [-0.15, -0.1) is 0 Å². The predicted octanol–water partition coefficient (Wildman–Crippen LogP) is 4.01. The molecule has 0 spiro atoms. The average Bonchev–Trinajstić information content (AvgIpc) is 2.32. The first kappa shape index (κ1) is 16.2. The maximum absolute atomic E-state index is 13.5. The maximum Gasteiger partial charge on any atom is 0.326 e. The second-order valence-corrected chi connectivity index (χ2v) is 4.67. The molecular weight excluding hydrogens is 330 g/mol. The largest absolute Gasteiger partial charge is 0.494 e. The van der Waals surface area contributed by atoms with Gasteiger partial charge in [-0.1, -0.05) is 22.0 Å². The van der Waals surface area contributed by atoms with E-state index < -0.39 is 18.4 Å². The van der Waals surface area contributed by atoms with Gasteiger partial charge in [0.1, 0.15) is 11.8 Å². The van der Waals surface area contributed by atoms with Crippen LogP contribution in [-0.2, 0) is 0 Å². The summed E-state index contributed by atoms with van der Waals surface area (Å²) in [5, 5.41) is 2.23. The molecule has 1 atom stereocenters. The van der Waals surface area contributed by atoms with Gasteiger partial charge in [0.15, 0.2) is 0 Å². The highest BCUT2D eigenvalue weighted by Crippen LogP contribution is 2.39. The minimum Gasteiger partial charge on any atom is -0.494 e. The maximum atomic E-state index is 13.5. The van der Waals surface area contributed by atoms with E-state index in [1.54, 1.807) is 6.92 Å². The van der Waals surface area contributed by atoms with Crippen LogP contribution in [0.3, 0.4) is 0 Å². The van der Waals surface area contributed by atoms with Crippen molar-refractivity contribution in [2.24, 2.45) is 0 Å². The van der Waals surface area contributed by atoms with Crippen LogP contribution in [0.5, 0.6) is 5.75 Å². The molecule has 0 aliphatic carbocycles. The number of hydrogen-bond acceptors (Lipinski definition) is 2. The van der Waals surface area contributed by atoms with Gasteiger partial charge in [0.25, 0.3) is 0 Å². The summed E-state index contributed by atoms with van der Waals surface area (Å²) in [6.45, 7) is 2.21. The third kappa shape index (κ3) is 3.60. The van der Waals surface area contributed by atoms with E-state index in [9.17, 15) is 17.6 Å². The number of nitrogens with one attached hydrogen (secondary N) is 1. The highest BCUT2D eigenvalue weighted by Gasteiger charge is 2.49. The Morgan fingerprint density at radius 2 is 2.00 bits per heavy atom. The Morgan fingerprint density at radius 3 is 2.42 bits per heavy atom. The second kappa shape index (κ2) is 6.56. The SMILES string of the molecule is CCOc1ccc(C(NC)C(F)(F)C(F)F)c(Br)c1. The number of hydrogen-bond donors (Lipinski definition) is 1. The zero-order valence-corrected chi connectivity index (χ0v) is 12.0. The van der Waals surface area contributed by atoms with Gasteiger partial charge in [-0.2, -0.15) is 8.78 Å². The van der Waals surface area contributed by atoms with E-state index in [0.29, 0.717) is 12.4 Å². The third-order valence-corrected chi connectivity index (χ3v) is 3.25. The fourth-order valence-electron chi connectivity index (χ4n) is 1.68. The standard InChI is InChI=1S/C12H14BrF4NO/c1-3-19-7-4-5-8(9(13)6-7)10(18-2)12(16,17)11(14)15/h4-6,10-11,18H,3H2,1-2H3. The average molecular weight is 344 g/mol. The van der Waals surface area contributed by atoms with Crippen LogP contribution < -0.4 is 10.1 Å². The summed E-state index contributed by atoms with van der Waals surface area (Å²) in [5.41, 5.74) is 0.0521. The van der Waals surface area contributed by atoms with Gasteiger partial charge in [-0.25, -0.2) is 8.78 Å². The van der Waals surface area contributed by atoms with Crippen LogP contribution >= 0.6 is 15.9 Å². The van der Waals surface area contributed by atoms with Crippen molar-refractivity contribution in [3.8, 4) is 5.75 Å². The number of benzene rings is 1. The number of ether oxygens (including phenoxy) is 1. The van der Waals surface area contributed by atoms with Crippen LogP contribution in [0.2, 0.25) is 0 Å². The summed E-state index contributed by atoms with van der Waals surface area (Å²) >= 11 is 3.10. The molecule has 0 aliphatic rings. The summed E-state index contributed by atoms with van der Waals surface area (Å²) in [5.74, 6) is -3.68. The lowest BCUT2D eigenvalue weighted by molar-refractivity contribution is -0.150. The molecule has 1 unspecified atom stereocenters. The third-order valence-electron chi connectivity index (χ3n) is 2.56. The molecule has 0 fully saturated rings. The second-order valence-electron chi connectivity index (χ2n) is 3.81. The van der Waals surface area contributed by atoms with Gasteiger partial charge in [0.2, 0.25) is 0 Å². The zero-order valence-electron chi connectivity index (χ0n) is 10.4. The van der Waals surface area contributed by atoms with Gasteiger partial charge in [0, 0.05) is 4.47 Å². The fraction of sp³-hybridized carbons (Fsp3) is 0.500. The number of rotatable bonds is 6. The quantitative estimate of drug-likeness (QED) is 0.788. The molecule has 0 saturated heterocycles. The van der Waals surface area contributed by atoms with Gasteiger partial charge >= 0.3 is 12.3 Å². The van der Waals surface area contributed by atoms with Gasteiger partial charge in [-0.3, -0.25) is 0 Å². The van der Waals surface area contributed by atoms with Gasteiger partial charge in [-0.05, 0) is 31.7 Å². The molecule has 108 valence electrons. The lowest BCUT2D eigenvalue weighted by Crippen LogP contribution is -2.41. The molecule has 0 heterocycles. The number of alkyl halides is 4. The first-order valence-electron chi connectivity index (χ1n) is 5.60. The van der Waals surface area contributed by atoms with E-state index in [4.69, 9.17) is 4.74 Å². The van der Waals surface area contributed by atoms with Gasteiger partial charge < -0.3 is 10.1 Å². The van der Waals surface area contributed by atoms with Crippen LogP contribution in [0, 0.1) is 0 Å². The molecular formula is C12H14BrF4NO. The number of halogens is 5. The van der Waals surface area contributed by atoms with Crippen molar-refractivity contribution in [3.05, 3.63) is 28.2 Å². The van der Waals surface area contributed by atoms with Crippen molar-refractivity contribution in [3.63, 3.8) is 0 Å². The molecule has 7 heteroatoms. The van der Waals surface area contributed by atoms with E-state index in [-0.39, 0.29) is 10.0 Å². The Morgan fingerprint density at radius 1 is 1.37 bits per heavy atom. The van der Waals surface area contributed by atoms with E-state index in [0.717, 1.165) is 0 Å². The van der Waals surface area contributed by atoms with Crippen LogP contribution in [0.1, 0.15) is 18.5 Å². The van der Waals surface area contributed by atoms with Crippen molar-refractivity contribution in [2.45, 2.75) is 25.3 Å².